The molecule has 2 aromatic rings. The first-order valence-electron chi connectivity index (χ1n) is 9.92. The Morgan fingerprint density at radius 2 is 1.72 bits per heavy atom. The lowest BCUT2D eigenvalue weighted by atomic mass is 10.1. The van der Waals surface area contributed by atoms with Crippen LogP contribution in [0.4, 0.5) is 0 Å². The predicted molar refractivity (Wildman–Crippen MR) is 129 cm³/mol. The minimum atomic E-state index is 0. The van der Waals surface area contributed by atoms with Gasteiger partial charge >= 0.3 is 0 Å². The smallest absolute Gasteiger partial charge is 0.191 e. The highest BCUT2D eigenvalue weighted by Crippen LogP contribution is 2.30. The van der Waals surface area contributed by atoms with E-state index in [0.717, 1.165) is 29.8 Å². The number of guanidine groups is 1. The summed E-state index contributed by atoms with van der Waals surface area (Å²) in [5, 5.41) is 6.79. The van der Waals surface area contributed by atoms with Gasteiger partial charge in [0.15, 0.2) is 5.96 Å². The van der Waals surface area contributed by atoms with E-state index in [1.54, 1.807) is 14.2 Å². The van der Waals surface area contributed by atoms with E-state index in [1.165, 1.54) is 29.5 Å². The molecular formula is C23H32IN3O2. The van der Waals surface area contributed by atoms with Crippen molar-refractivity contribution in [2.75, 3.05) is 20.8 Å². The van der Waals surface area contributed by atoms with Crippen molar-refractivity contribution < 1.29 is 9.47 Å². The van der Waals surface area contributed by atoms with Crippen molar-refractivity contribution in [1.82, 2.24) is 10.6 Å². The molecule has 2 aromatic carbocycles. The van der Waals surface area contributed by atoms with Gasteiger partial charge in [0.25, 0.3) is 0 Å². The molecule has 1 aliphatic rings. The molecule has 3 rings (SSSR count). The van der Waals surface area contributed by atoms with Crippen LogP contribution >= 0.6 is 24.0 Å². The molecule has 1 fully saturated rings. The van der Waals surface area contributed by atoms with Crippen LogP contribution in [0.2, 0.25) is 0 Å². The summed E-state index contributed by atoms with van der Waals surface area (Å²) in [6, 6.07) is 14.7. The summed E-state index contributed by atoms with van der Waals surface area (Å²) in [6.45, 7) is 4.88. The molecule has 1 saturated carbocycles. The van der Waals surface area contributed by atoms with E-state index in [-0.39, 0.29) is 24.0 Å². The summed E-state index contributed by atoms with van der Waals surface area (Å²) in [4.78, 5) is 4.35. The van der Waals surface area contributed by atoms with Gasteiger partial charge in [-0.15, -0.1) is 24.0 Å². The molecule has 0 atom stereocenters. The third-order valence-electron chi connectivity index (χ3n) is 4.93. The Balaban J connectivity index is 0.00000300. The fourth-order valence-electron chi connectivity index (χ4n) is 3.04. The van der Waals surface area contributed by atoms with E-state index in [4.69, 9.17) is 9.47 Å². The van der Waals surface area contributed by atoms with Crippen molar-refractivity contribution in [2.24, 2.45) is 10.9 Å². The molecule has 5 nitrogen and oxygen atoms in total. The quantitative estimate of drug-likeness (QED) is 0.299. The van der Waals surface area contributed by atoms with E-state index in [1.807, 2.05) is 12.1 Å². The Morgan fingerprint density at radius 3 is 2.38 bits per heavy atom. The maximum atomic E-state index is 6.07. The number of benzene rings is 2. The molecule has 0 aromatic heterocycles. The standard InChI is InChI=1S/C23H31N3O2.HI/c1-17-8-11-20(22(12-17)28-15-18-9-10-18)14-26-23(24-2)25-13-19-6-4-5-7-21(19)16-27-3;/h4-8,11-12,18H,9-10,13-16H2,1-3H3,(H2,24,25,26);1H. The number of hydrogen-bond acceptors (Lipinski definition) is 3. The lowest BCUT2D eigenvalue weighted by molar-refractivity contribution is 0.184. The maximum absolute atomic E-state index is 6.07. The fourth-order valence-corrected chi connectivity index (χ4v) is 3.04. The topological polar surface area (TPSA) is 54.9 Å². The number of nitrogens with zero attached hydrogens (tertiary/aromatic N) is 1. The van der Waals surface area contributed by atoms with Crippen molar-refractivity contribution in [1.29, 1.82) is 0 Å². The lowest BCUT2D eigenvalue weighted by Gasteiger charge is -2.16. The van der Waals surface area contributed by atoms with Crippen LogP contribution < -0.4 is 15.4 Å². The Kier molecular flexibility index (Phi) is 9.73. The third kappa shape index (κ3) is 7.51. The zero-order valence-corrected chi connectivity index (χ0v) is 19.9. The molecule has 0 saturated heterocycles. The van der Waals surface area contributed by atoms with E-state index in [2.05, 4.69) is 52.9 Å². The summed E-state index contributed by atoms with van der Waals surface area (Å²) in [6.07, 6.45) is 2.58. The third-order valence-corrected chi connectivity index (χ3v) is 4.93. The Hall–Kier alpha value is -1.80. The normalized spacial score (nSPS) is 13.6. The largest absolute Gasteiger partial charge is 0.493 e. The zero-order valence-electron chi connectivity index (χ0n) is 17.5. The van der Waals surface area contributed by atoms with E-state index in [0.29, 0.717) is 19.7 Å². The number of aryl methyl sites for hydroxylation is 1. The predicted octanol–water partition coefficient (Wildman–Crippen LogP) is 4.41. The van der Waals surface area contributed by atoms with Gasteiger partial charge in [-0.25, -0.2) is 0 Å². The number of rotatable bonds is 9. The minimum absolute atomic E-state index is 0. The van der Waals surface area contributed by atoms with Gasteiger partial charge in [0, 0.05) is 32.8 Å². The second kappa shape index (κ2) is 12.0. The first-order valence-corrected chi connectivity index (χ1v) is 9.92. The summed E-state index contributed by atoms with van der Waals surface area (Å²) >= 11 is 0. The molecule has 0 amide bonds. The Labute approximate surface area is 191 Å². The zero-order chi connectivity index (χ0) is 19.8. The molecule has 0 aliphatic heterocycles. The SMILES string of the molecule is CN=C(NCc1ccccc1COC)NCc1ccc(C)cc1OCC1CC1.I. The molecular weight excluding hydrogens is 477 g/mol. The lowest BCUT2D eigenvalue weighted by Crippen LogP contribution is -2.36. The van der Waals surface area contributed by atoms with Gasteiger partial charge in [-0.3, -0.25) is 4.99 Å². The van der Waals surface area contributed by atoms with E-state index in [9.17, 15) is 0 Å². The van der Waals surface area contributed by atoms with Crippen molar-refractivity contribution >= 4 is 29.9 Å². The second-order valence-corrected chi connectivity index (χ2v) is 7.35. The molecule has 1 aliphatic carbocycles. The van der Waals surface area contributed by atoms with Crippen LogP contribution in [0.15, 0.2) is 47.5 Å². The molecule has 29 heavy (non-hydrogen) atoms. The Bertz CT molecular complexity index is 806. The van der Waals surface area contributed by atoms with Crippen molar-refractivity contribution in [3.05, 3.63) is 64.7 Å². The van der Waals surface area contributed by atoms with Crippen LogP contribution in [-0.2, 0) is 24.4 Å². The van der Waals surface area contributed by atoms with Crippen LogP contribution in [0.3, 0.4) is 0 Å². The molecule has 0 bridgehead atoms. The fraction of sp³-hybridized carbons (Fsp3) is 0.435. The first kappa shape index (κ1) is 23.5. The van der Waals surface area contributed by atoms with Crippen LogP contribution in [0.25, 0.3) is 0 Å². The molecule has 0 spiro atoms. The summed E-state index contributed by atoms with van der Waals surface area (Å²) in [7, 11) is 3.51. The number of nitrogens with one attached hydrogen (secondary N) is 2. The highest BCUT2D eigenvalue weighted by Gasteiger charge is 2.22. The summed E-state index contributed by atoms with van der Waals surface area (Å²) < 4.78 is 11.4. The molecule has 158 valence electrons. The monoisotopic (exact) mass is 509 g/mol. The minimum Gasteiger partial charge on any atom is -0.493 e. The van der Waals surface area contributed by atoms with Crippen LogP contribution in [0.1, 0.15) is 35.1 Å². The van der Waals surface area contributed by atoms with Gasteiger partial charge in [-0.05, 0) is 48.4 Å². The van der Waals surface area contributed by atoms with Gasteiger partial charge in [-0.1, -0.05) is 36.4 Å². The second-order valence-electron chi connectivity index (χ2n) is 7.35. The Morgan fingerprint density at radius 1 is 1.03 bits per heavy atom. The molecule has 0 radical (unpaired) electrons. The van der Waals surface area contributed by atoms with Crippen LogP contribution in [0, 0.1) is 12.8 Å². The summed E-state index contributed by atoms with van der Waals surface area (Å²) in [5.74, 6) is 2.48. The van der Waals surface area contributed by atoms with Gasteiger partial charge in [-0.2, -0.15) is 0 Å². The number of aliphatic imine (C=N–C) groups is 1. The molecule has 6 heteroatoms. The van der Waals surface area contributed by atoms with Gasteiger partial charge < -0.3 is 20.1 Å². The number of methoxy groups -OCH3 is 1. The van der Waals surface area contributed by atoms with Crippen LogP contribution in [-0.4, -0.2) is 26.7 Å². The number of ether oxygens (including phenoxy) is 2. The van der Waals surface area contributed by atoms with Crippen molar-refractivity contribution in [3.63, 3.8) is 0 Å². The highest BCUT2D eigenvalue weighted by atomic mass is 127. The molecule has 0 unspecified atom stereocenters. The number of hydrogen-bond donors (Lipinski definition) is 2. The van der Waals surface area contributed by atoms with Crippen molar-refractivity contribution in [3.8, 4) is 5.75 Å². The van der Waals surface area contributed by atoms with Gasteiger partial charge in [0.05, 0.1) is 13.2 Å². The first-order chi connectivity index (χ1) is 13.7. The summed E-state index contributed by atoms with van der Waals surface area (Å²) in [5.41, 5.74) is 4.75. The van der Waals surface area contributed by atoms with Crippen molar-refractivity contribution in [2.45, 2.75) is 39.5 Å². The average Bonchev–Trinajstić information content (AvgIpc) is 3.53. The van der Waals surface area contributed by atoms with Gasteiger partial charge in [0.1, 0.15) is 5.75 Å². The molecule has 0 heterocycles. The van der Waals surface area contributed by atoms with E-state index < -0.39 is 0 Å². The van der Waals surface area contributed by atoms with Gasteiger partial charge in [0.2, 0.25) is 0 Å². The van der Waals surface area contributed by atoms with E-state index >= 15 is 0 Å². The van der Waals surface area contributed by atoms with Crippen LogP contribution in [0.5, 0.6) is 5.75 Å². The molecule has 2 N–H and O–H groups in total. The average molecular weight is 509 g/mol. The maximum Gasteiger partial charge on any atom is 0.191 e. The number of halogens is 1. The highest BCUT2D eigenvalue weighted by molar-refractivity contribution is 14.0.